The molecule has 5 heteroatoms. The molecule has 2 N–H and O–H groups in total. The molecular weight excluding hydrogens is 276 g/mol. The standard InChI is InChI=1S/C17H12N4O/c22-14-8-4-3-7-13(14)16-19-17(21-20-16)15-12-6-2-1-5-11(12)9-10-18-15/h1-10,22H,(H,19,20,21). The van der Waals surface area contributed by atoms with Gasteiger partial charge in [-0.2, -0.15) is 5.10 Å². The molecule has 0 saturated heterocycles. The first-order valence-electron chi connectivity index (χ1n) is 6.88. The fraction of sp³-hybridized carbons (Fsp3) is 0. The van der Waals surface area contributed by atoms with Crippen LogP contribution >= 0.6 is 0 Å². The molecule has 0 fully saturated rings. The molecule has 4 aromatic rings. The van der Waals surface area contributed by atoms with Crippen molar-refractivity contribution >= 4 is 10.8 Å². The molecule has 22 heavy (non-hydrogen) atoms. The van der Waals surface area contributed by atoms with Crippen LogP contribution in [0.3, 0.4) is 0 Å². The van der Waals surface area contributed by atoms with Gasteiger partial charge in [-0.05, 0) is 23.6 Å². The zero-order valence-electron chi connectivity index (χ0n) is 11.6. The van der Waals surface area contributed by atoms with E-state index in [9.17, 15) is 5.11 Å². The number of aromatic amines is 1. The molecule has 0 aliphatic rings. The van der Waals surface area contributed by atoms with Crippen LogP contribution in [-0.4, -0.2) is 25.3 Å². The topological polar surface area (TPSA) is 74.7 Å². The normalized spacial score (nSPS) is 10.9. The molecule has 2 heterocycles. The number of pyridine rings is 1. The summed E-state index contributed by atoms with van der Waals surface area (Å²) < 4.78 is 0. The van der Waals surface area contributed by atoms with E-state index in [1.165, 1.54) is 0 Å². The minimum Gasteiger partial charge on any atom is -0.507 e. The van der Waals surface area contributed by atoms with E-state index in [1.807, 2.05) is 36.4 Å². The van der Waals surface area contributed by atoms with Crippen molar-refractivity contribution in [3.05, 3.63) is 60.8 Å². The Balaban J connectivity index is 1.86. The Morgan fingerprint density at radius 3 is 2.64 bits per heavy atom. The van der Waals surface area contributed by atoms with E-state index in [-0.39, 0.29) is 5.75 Å². The predicted octanol–water partition coefficient (Wildman–Crippen LogP) is 3.39. The van der Waals surface area contributed by atoms with Crippen LogP contribution in [0.15, 0.2) is 60.8 Å². The summed E-state index contributed by atoms with van der Waals surface area (Å²) >= 11 is 0. The number of nitrogens with one attached hydrogen (secondary N) is 1. The first-order valence-corrected chi connectivity index (χ1v) is 6.88. The van der Waals surface area contributed by atoms with Crippen molar-refractivity contribution in [2.24, 2.45) is 0 Å². The maximum Gasteiger partial charge on any atom is 0.185 e. The molecule has 0 aliphatic carbocycles. The summed E-state index contributed by atoms with van der Waals surface area (Å²) in [6.07, 6.45) is 1.75. The summed E-state index contributed by atoms with van der Waals surface area (Å²) in [4.78, 5) is 8.88. The first kappa shape index (κ1) is 12.5. The second kappa shape index (κ2) is 4.96. The molecule has 0 bridgehead atoms. The van der Waals surface area contributed by atoms with Crippen LogP contribution in [0, 0.1) is 0 Å². The maximum absolute atomic E-state index is 9.91. The zero-order chi connectivity index (χ0) is 14.9. The second-order valence-electron chi connectivity index (χ2n) is 4.91. The molecule has 2 aromatic heterocycles. The number of phenolic OH excluding ortho intramolecular Hbond substituents is 1. The third-order valence-electron chi connectivity index (χ3n) is 3.53. The van der Waals surface area contributed by atoms with E-state index in [0.717, 1.165) is 16.5 Å². The lowest BCUT2D eigenvalue weighted by Crippen LogP contribution is -1.88. The Bertz CT molecular complexity index is 956. The number of hydrogen-bond donors (Lipinski definition) is 2. The summed E-state index contributed by atoms with van der Waals surface area (Å²) in [7, 11) is 0. The van der Waals surface area contributed by atoms with Crippen LogP contribution in [0.4, 0.5) is 0 Å². The van der Waals surface area contributed by atoms with Gasteiger partial charge >= 0.3 is 0 Å². The van der Waals surface area contributed by atoms with Crippen molar-refractivity contribution in [1.29, 1.82) is 0 Å². The van der Waals surface area contributed by atoms with Crippen molar-refractivity contribution in [3.63, 3.8) is 0 Å². The van der Waals surface area contributed by atoms with Gasteiger partial charge in [-0.1, -0.05) is 36.4 Å². The van der Waals surface area contributed by atoms with Gasteiger partial charge in [0.05, 0.1) is 5.56 Å². The average molecular weight is 288 g/mol. The van der Waals surface area contributed by atoms with Gasteiger partial charge in [-0.15, -0.1) is 0 Å². The van der Waals surface area contributed by atoms with Gasteiger partial charge in [-0.3, -0.25) is 10.1 Å². The molecule has 0 atom stereocenters. The highest BCUT2D eigenvalue weighted by molar-refractivity contribution is 5.92. The van der Waals surface area contributed by atoms with E-state index >= 15 is 0 Å². The molecule has 0 unspecified atom stereocenters. The summed E-state index contributed by atoms with van der Waals surface area (Å²) in [5, 5.41) is 19.1. The summed E-state index contributed by atoms with van der Waals surface area (Å²) in [6.45, 7) is 0. The summed E-state index contributed by atoms with van der Waals surface area (Å²) in [5.41, 5.74) is 1.33. The molecule has 4 rings (SSSR count). The first-order chi connectivity index (χ1) is 10.8. The minimum atomic E-state index is 0.152. The third kappa shape index (κ3) is 2.00. The van der Waals surface area contributed by atoms with Crippen LogP contribution in [0.25, 0.3) is 33.7 Å². The van der Waals surface area contributed by atoms with E-state index in [0.29, 0.717) is 17.2 Å². The molecule has 5 nitrogen and oxygen atoms in total. The third-order valence-corrected chi connectivity index (χ3v) is 3.53. The number of H-pyrrole nitrogens is 1. The van der Waals surface area contributed by atoms with Crippen LogP contribution in [-0.2, 0) is 0 Å². The molecule has 0 amide bonds. The van der Waals surface area contributed by atoms with Crippen molar-refractivity contribution in [1.82, 2.24) is 20.2 Å². The fourth-order valence-electron chi connectivity index (χ4n) is 2.46. The molecule has 0 saturated carbocycles. The van der Waals surface area contributed by atoms with E-state index in [2.05, 4.69) is 20.2 Å². The lowest BCUT2D eigenvalue weighted by atomic mass is 10.1. The molecule has 106 valence electrons. The quantitative estimate of drug-likeness (QED) is 0.593. The van der Waals surface area contributed by atoms with Gasteiger partial charge < -0.3 is 5.11 Å². The zero-order valence-corrected chi connectivity index (χ0v) is 11.6. The molecule has 0 radical (unpaired) electrons. The Kier molecular flexibility index (Phi) is 2.83. The number of para-hydroxylation sites is 1. The highest BCUT2D eigenvalue weighted by Crippen LogP contribution is 2.28. The smallest absolute Gasteiger partial charge is 0.185 e. The molecular formula is C17H12N4O. The minimum absolute atomic E-state index is 0.152. The van der Waals surface area contributed by atoms with Crippen LogP contribution in [0.5, 0.6) is 5.75 Å². The van der Waals surface area contributed by atoms with Gasteiger partial charge in [0.1, 0.15) is 11.4 Å². The highest BCUT2D eigenvalue weighted by atomic mass is 16.3. The summed E-state index contributed by atoms with van der Waals surface area (Å²) in [6, 6.07) is 16.9. The Labute approximate surface area is 126 Å². The Morgan fingerprint density at radius 2 is 1.73 bits per heavy atom. The average Bonchev–Trinajstić information content (AvgIpc) is 3.04. The van der Waals surface area contributed by atoms with Crippen molar-refractivity contribution in [2.45, 2.75) is 0 Å². The van der Waals surface area contributed by atoms with Crippen LogP contribution in [0.2, 0.25) is 0 Å². The lowest BCUT2D eigenvalue weighted by molar-refractivity contribution is 0.477. The van der Waals surface area contributed by atoms with Gasteiger partial charge in [-0.25, -0.2) is 4.98 Å². The number of hydrogen-bond acceptors (Lipinski definition) is 4. The predicted molar refractivity (Wildman–Crippen MR) is 84.2 cm³/mol. The maximum atomic E-state index is 9.91. The number of benzene rings is 2. The molecule has 0 aliphatic heterocycles. The van der Waals surface area contributed by atoms with Gasteiger partial charge in [0, 0.05) is 11.6 Å². The van der Waals surface area contributed by atoms with Gasteiger partial charge in [0.15, 0.2) is 11.6 Å². The van der Waals surface area contributed by atoms with E-state index < -0.39 is 0 Å². The Hall–Kier alpha value is -3.21. The number of nitrogens with zero attached hydrogens (tertiary/aromatic N) is 3. The SMILES string of the molecule is Oc1ccccc1-c1n[nH]c(-c2nccc3ccccc23)n1. The monoisotopic (exact) mass is 288 g/mol. The molecule has 0 spiro atoms. The van der Waals surface area contributed by atoms with Gasteiger partial charge in [0.25, 0.3) is 0 Å². The second-order valence-corrected chi connectivity index (χ2v) is 4.91. The number of fused-ring (bicyclic) bond motifs is 1. The number of aromatic hydroxyl groups is 1. The van der Waals surface area contributed by atoms with Crippen LogP contribution in [0.1, 0.15) is 0 Å². The summed E-state index contributed by atoms with van der Waals surface area (Å²) in [5.74, 6) is 1.18. The van der Waals surface area contributed by atoms with E-state index in [1.54, 1.807) is 24.4 Å². The van der Waals surface area contributed by atoms with Crippen LogP contribution < -0.4 is 0 Å². The molecule has 2 aromatic carbocycles. The van der Waals surface area contributed by atoms with E-state index in [4.69, 9.17) is 0 Å². The fourth-order valence-corrected chi connectivity index (χ4v) is 2.46. The lowest BCUT2D eigenvalue weighted by Gasteiger charge is -2.01. The number of aromatic nitrogens is 4. The van der Waals surface area contributed by atoms with Crippen molar-refractivity contribution in [2.75, 3.05) is 0 Å². The Morgan fingerprint density at radius 1 is 0.909 bits per heavy atom. The number of phenols is 1. The van der Waals surface area contributed by atoms with Crippen molar-refractivity contribution in [3.8, 4) is 28.7 Å². The number of rotatable bonds is 2. The largest absolute Gasteiger partial charge is 0.507 e. The van der Waals surface area contributed by atoms with Gasteiger partial charge in [0.2, 0.25) is 0 Å². The highest BCUT2D eigenvalue weighted by Gasteiger charge is 2.13. The van der Waals surface area contributed by atoms with Crippen molar-refractivity contribution < 1.29 is 5.11 Å².